The van der Waals surface area contributed by atoms with Gasteiger partial charge in [-0.05, 0) is 201 Å². The molecule has 1 aliphatic carbocycles. The van der Waals surface area contributed by atoms with Crippen LogP contribution >= 0.6 is 68.0 Å². The second-order valence-corrected chi connectivity index (χ2v) is 34.9. The number of nitrogens with zero attached hydrogens (tertiary/aromatic N) is 5. The minimum atomic E-state index is 0.350. The number of hydrogen-bond donors (Lipinski definition) is 3. The Balaban J connectivity index is 0.000000133. The topological polar surface area (TPSA) is 152 Å². The number of carbonyl (C=O) groups excluding carboxylic acids is 3. The highest BCUT2D eigenvalue weighted by Crippen LogP contribution is 2.47. The summed E-state index contributed by atoms with van der Waals surface area (Å²) in [5.41, 5.74) is 18.5. The highest BCUT2D eigenvalue weighted by atomic mass is 32.1. The summed E-state index contributed by atoms with van der Waals surface area (Å²) in [5.74, 6) is 3.02. The molecule has 11 nitrogen and oxygen atoms in total. The minimum Gasteiger partial charge on any atom is -0.312 e. The molecule has 0 saturated carbocycles. The number of fused-ring (bicyclic) bond motifs is 6. The summed E-state index contributed by atoms with van der Waals surface area (Å²) in [7, 11) is 0. The summed E-state index contributed by atoms with van der Waals surface area (Å²) in [6.07, 6.45) is 27.7. The van der Waals surface area contributed by atoms with Gasteiger partial charge in [-0.3, -0.25) is 24.4 Å². The van der Waals surface area contributed by atoms with E-state index in [1.54, 1.807) is 40.2 Å². The van der Waals surface area contributed by atoms with E-state index in [4.69, 9.17) is 15.0 Å². The molecule has 0 spiro atoms. The van der Waals surface area contributed by atoms with Crippen LogP contribution in [0.5, 0.6) is 0 Å². The number of thiophene rings is 3. The van der Waals surface area contributed by atoms with Gasteiger partial charge < -0.3 is 16.0 Å². The molecule has 514 valence electrons. The second kappa shape index (κ2) is 33.4. The quantitative estimate of drug-likeness (QED) is 0.0530. The summed E-state index contributed by atoms with van der Waals surface area (Å²) in [4.78, 5) is 69.8. The van der Waals surface area contributed by atoms with Crippen molar-refractivity contribution in [1.82, 2.24) is 40.9 Å². The Kier molecular flexibility index (Phi) is 23.9. The van der Waals surface area contributed by atoms with Gasteiger partial charge >= 0.3 is 0 Å². The van der Waals surface area contributed by atoms with E-state index in [-0.39, 0.29) is 0 Å². The Morgan fingerprint density at radius 3 is 1.24 bits per heavy atom. The summed E-state index contributed by atoms with van der Waals surface area (Å²) in [5, 5.41) is 13.7. The first-order valence-electron chi connectivity index (χ1n) is 36.1. The van der Waals surface area contributed by atoms with Crippen LogP contribution in [0.4, 0.5) is 0 Å². The van der Waals surface area contributed by atoms with Gasteiger partial charge in [0, 0.05) is 134 Å². The van der Waals surface area contributed by atoms with E-state index in [0.717, 1.165) is 145 Å². The fraction of sp³-hybridized carbons (Fsp3) is 0.415. The van der Waals surface area contributed by atoms with E-state index >= 15 is 0 Å². The van der Waals surface area contributed by atoms with Crippen molar-refractivity contribution in [3.8, 4) is 54.0 Å². The van der Waals surface area contributed by atoms with Crippen LogP contribution in [0.25, 0.3) is 90.2 Å². The molecule has 0 saturated heterocycles. The number of pyridine rings is 2. The molecule has 15 rings (SSSR count). The van der Waals surface area contributed by atoms with E-state index < -0.39 is 0 Å². The predicted octanol–water partition coefficient (Wildman–Crippen LogP) is 20.9. The van der Waals surface area contributed by atoms with E-state index in [2.05, 4.69) is 134 Å². The molecule has 99 heavy (non-hydrogen) atoms. The van der Waals surface area contributed by atoms with Crippen molar-refractivity contribution < 1.29 is 14.4 Å². The van der Waals surface area contributed by atoms with Crippen molar-refractivity contribution >= 4 is 122 Å². The van der Waals surface area contributed by atoms with Crippen molar-refractivity contribution in [1.29, 1.82) is 0 Å². The van der Waals surface area contributed by atoms with E-state index in [1.165, 1.54) is 119 Å². The Hall–Kier alpha value is -6.64. The smallest absolute Gasteiger partial charge is 0.138 e. The van der Waals surface area contributed by atoms with Crippen LogP contribution in [0, 0.1) is 17.8 Å². The van der Waals surface area contributed by atoms with Crippen molar-refractivity contribution in [3.63, 3.8) is 0 Å². The van der Waals surface area contributed by atoms with E-state index in [1.807, 2.05) is 70.8 Å². The van der Waals surface area contributed by atoms with Gasteiger partial charge in [0.15, 0.2) is 0 Å². The van der Waals surface area contributed by atoms with Crippen LogP contribution in [0.1, 0.15) is 177 Å². The lowest BCUT2D eigenvalue weighted by atomic mass is 9.94. The van der Waals surface area contributed by atoms with Crippen LogP contribution in [0.2, 0.25) is 0 Å². The van der Waals surface area contributed by atoms with Crippen molar-refractivity contribution in [3.05, 3.63) is 161 Å². The molecule has 8 aromatic heterocycles. The van der Waals surface area contributed by atoms with Crippen LogP contribution in [0.3, 0.4) is 0 Å². The number of thiazole rings is 3. The predicted molar refractivity (Wildman–Crippen MR) is 420 cm³/mol. The normalized spacial score (nSPS) is 14.5. The van der Waals surface area contributed by atoms with E-state index in [9.17, 15) is 14.4 Å². The zero-order chi connectivity index (χ0) is 68.4. The molecule has 11 heterocycles. The molecular formula is C82H92N8O3S6. The fourth-order valence-corrected chi connectivity index (χ4v) is 21.6. The lowest BCUT2D eigenvalue weighted by molar-refractivity contribution is -0.119. The molecular weight excluding hydrogens is 1340 g/mol. The van der Waals surface area contributed by atoms with Gasteiger partial charge in [0.2, 0.25) is 0 Å². The molecule has 3 N–H and O–H groups in total. The molecule has 0 bridgehead atoms. The number of hydrogen-bond acceptors (Lipinski definition) is 17. The molecule has 0 unspecified atom stereocenters. The maximum absolute atomic E-state index is 12.8. The Morgan fingerprint density at radius 1 is 0.434 bits per heavy atom. The average molecular weight is 1430 g/mol. The molecule has 0 fully saturated rings. The number of rotatable bonds is 24. The summed E-state index contributed by atoms with van der Waals surface area (Å²) in [6, 6.07) is 27.8. The van der Waals surface area contributed by atoms with Crippen LogP contribution in [0.15, 0.2) is 110 Å². The SMILES string of the molecule is CC(C)CCCC(=O)Cc1sc2c(c1-c1nc3ccc(-c4cccnc4)cc3s1)CCNC2.CC(C)CCCC(=O)Cc1sc2c(c1-c1nc3ccc(-c4ccncc4)cc3s1)CCNC2.CC(C)CCCC(=O)Cc1sc2c(c1-c1nc3ccc(C4=CCCCC4)cc3s1)CCNC2. The number of ketones is 3. The first-order chi connectivity index (χ1) is 48.2. The number of allylic oxidation sites excluding steroid dienone is 2. The van der Waals surface area contributed by atoms with Crippen LogP contribution in [-0.2, 0) is 72.5 Å². The molecule has 0 radical (unpaired) electrons. The fourth-order valence-electron chi connectivity index (χ4n) is 14.0. The van der Waals surface area contributed by atoms with Gasteiger partial charge in [0.25, 0.3) is 0 Å². The van der Waals surface area contributed by atoms with Crippen molar-refractivity contribution in [2.45, 2.75) is 183 Å². The van der Waals surface area contributed by atoms with Crippen molar-refractivity contribution in [2.75, 3.05) is 19.6 Å². The van der Waals surface area contributed by atoms with Gasteiger partial charge in [-0.25, -0.2) is 15.0 Å². The van der Waals surface area contributed by atoms with Gasteiger partial charge in [0.05, 0.1) is 30.6 Å². The molecule has 0 atom stereocenters. The Bertz CT molecular complexity index is 4460. The van der Waals surface area contributed by atoms with Gasteiger partial charge in [0.1, 0.15) is 32.4 Å². The van der Waals surface area contributed by atoms with Gasteiger partial charge in [-0.1, -0.05) is 91.1 Å². The summed E-state index contributed by atoms with van der Waals surface area (Å²) >= 11 is 10.8. The molecule has 3 aromatic carbocycles. The highest BCUT2D eigenvalue weighted by molar-refractivity contribution is 7.23. The van der Waals surface area contributed by atoms with Crippen molar-refractivity contribution in [2.24, 2.45) is 17.8 Å². The first kappa shape index (κ1) is 70.8. The first-order valence-corrected chi connectivity index (χ1v) is 41.0. The zero-order valence-electron chi connectivity index (χ0n) is 58.2. The van der Waals surface area contributed by atoms with Gasteiger partial charge in [-0.15, -0.1) is 68.0 Å². The summed E-state index contributed by atoms with van der Waals surface area (Å²) in [6.45, 7) is 19.0. The number of aromatic nitrogens is 5. The monoisotopic (exact) mass is 1430 g/mol. The van der Waals surface area contributed by atoms with Crippen LogP contribution < -0.4 is 16.0 Å². The molecule has 11 aromatic rings. The van der Waals surface area contributed by atoms with Gasteiger partial charge in [-0.2, -0.15) is 0 Å². The lowest BCUT2D eigenvalue weighted by Gasteiger charge is -2.13. The maximum atomic E-state index is 12.8. The Labute approximate surface area is 607 Å². The minimum absolute atomic E-state index is 0.350. The highest BCUT2D eigenvalue weighted by Gasteiger charge is 2.29. The Morgan fingerprint density at radius 2 is 0.848 bits per heavy atom. The number of benzene rings is 3. The average Bonchev–Trinajstić information content (AvgIpc) is 1.63. The molecule has 17 heteroatoms. The summed E-state index contributed by atoms with van der Waals surface area (Å²) < 4.78 is 3.62. The van der Waals surface area contributed by atoms with E-state index in [0.29, 0.717) is 73.6 Å². The number of carbonyl (C=O) groups is 3. The third kappa shape index (κ3) is 17.6. The number of nitrogens with one attached hydrogen (secondary N) is 3. The largest absolute Gasteiger partial charge is 0.312 e. The zero-order valence-corrected chi connectivity index (χ0v) is 63.1. The van der Waals surface area contributed by atoms with Crippen LogP contribution in [-0.4, -0.2) is 61.9 Å². The second-order valence-electron chi connectivity index (χ2n) is 28.2. The number of Topliss-reactive ketones (excluding diaryl/α,β-unsaturated/α-hetero) is 3. The molecule has 0 amide bonds. The third-order valence-electron chi connectivity index (χ3n) is 19.3. The maximum Gasteiger partial charge on any atom is 0.138 e. The molecule has 3 aliphatic heterocycles. The third-order valence-corrected chi connectivity index (χ3v) is 26.1. The molecule has 4 aliphatic rings. The lowest BCUT2D eigenvalue weighted by Crippen LogP contribution is -2.22. The standard InChI is InChI=1S/C28H34N2OS2.2C27H29N3OS2/c1-18(2)7-6-10-21(31)16-25-27(22-13-14-29-17-26(22)32-25)28-30-23-12-11-20(15-24(23)33-28)19-8-4-3-5-9-19;1-17(2)5-3-7-20(31)14-24-26(21-10-12-29-16-25(21)32-24)27-30-22-9-8-18(13-23(22)33-27)19-6-4-11-28-15-19;1-17(2)4-3-5-20(31)15-24-26(21-10-13-29-16-25(21)32-24)27-30-22-7-6-19(14-23(22)33-27)18-8-11-28-12-9-18/h8,11-12,15,18,29H,3-7,9-10,13-14,16-17H2,1-2H3;4,6,8-9,11,13,15,17,29H,3,5,7,10,12,14,16H2,1-2H3;6-9,11-12,14,17,29H,3-5,10,13,15-16H2,1-2H3.